The lowest BCUT2D eigenvalue weighted by Crippen LogP contribution is -2.27. The molecule has 0 aromatic heterocycles. The lowest BCUT2D eigenvalue weighted by Gasteiger charge is -2.14. The minimum Gasteiger partial charge on any atom is -0.268 e. The molecule has 3 nitrogen and oxygen atoms in total. The van der Waals surface area contributed by atoms with Gasteiger partial charge < -0.3 is 0 Å². The molecule has 0 radical (unpaired) electrons. The second-order valence-electron chi connectivity index (χ2n) is 7.20. The number of imide groups is 1. The van der Waals surface area contributed by atoms with Gasteiger partial charge in [0.15, 0.2) is 0 Å². The van der Waals surface area contributed by atoms with Gasteiger partial charge in [-0.15, -0.1) is 0 Å². The molecule has 4 aromatic rings. The molecule has 0 bridgehead atoms. The number of benzene rings is 4. The summed E-state index contributed by atoms with van der Waals surface area (Å²) < 4.78 is 0. The summed E-state index contributed by atoms with van der Waals surface area (Å²) in [6, 6.07) is 23.3. The fourth-order valence-corrected chi connectivity index (χ4v) is 5.15. The van der Waals surface area contributed by atoms with E-state index in [1.807, 2.05) is 54.6 Å². The third-order valence-electron chi connectivity index (χ3n) is 5.34. The van der Waals surface area contributed by atoms with E-state index in [1.165, 1.54) is 4.90 Å². The fraction of sp³-hybridized carbons (Fsp3) is 0.0400. The highest BCUT2D eigenvalue weighted by Crippen LogP contribution is 2.38. The number of halogens is 2. The van der Waals surface area contributed by atoms with Gasteiger partial charge in [-0.05, 0) is 63.1 Å². The molecule has 1 aliphatic rings. The van der Waals surface area contributed by atoms with E-state index in [0.29, 0.717) is 20.5 Å². The Morgan fingerprint density at radius 1 is 0.806 bits per heavy atom. The zero-order valence-electron chi connectivity index (χ0n) is 16.1. The zero-order chi connectivity index (χ0) is 21.5. The SMILES string of the molecule is O=C1S/C(=C\c2c3ccccc3cc3ccccc23)C(=O)N1Cc1c(Cl)cccc1Cl. The lowest BCUT2D eigenvalue weighted by atomic mass is 9.96. The molecule has 1 saturated heterocycles. The zero-order valence-corrected chi connectivity index (χ0v) is 18.5. The van der Waals surface area contributed by atoms with E-state index in [4.69, 9.17) is 23.2 Å². The Morgan fingerprint density at radius 3 is 2.00 bits per heavy atom. The van der Waals surface area contributed by atoms with E-state index in [-0.39, 0.29) is 17.7 Å². The van der Waals surface area contributed by atoms with E-state index in [9.17, 15) is 9.59 Å². The van der Waals surface area contributed by atoms with E-state index in [0.717, 1.165) is 38.9 Å². The first-order valence-corrected chi connectivity index (χ1v) is 11.2. The number of fused-ring (bicyclic) bond motifs is 2. The van der Waals surface area contributed by atoms with Crippen LogP contribution in [-0.4, -0.2) is 16.0 Å². The standard InChI is InChI=1S/C25H15Cl2NO2S/c26-21-10-5-11-22(27)20(21)14-28-24(29)23(31-25(28)30)13-19-17-8-3-1-6-15(17)12-16-7-2-4-9-18(16)19/h1-13H,14H2/b23-13-. The third kappa shape index (κ3) is 3.61. The molecule has 152 valence electrons. The quantitative estimate of drug-likeness (QED) is 0.232. The molecule has 0 saturated carbocycles. The molecule has 1 aliphatic heterocycles. The average molecular weight is 464 g/mol. The van der Waals surface area contributed by atoms with Crippen LogP contribution in [0.1, 0.15) is 11.1 Å². The van der Waals surface area contributed by atoms with Crippen molar-refractivity contribution in [2.45, 2.75) is 6.54 Å². The molecule has 0 spiro atoms. The Labute approximate surface area is 193 Å². The predicted octanol–water partition coefficient (Wildman–Crippen LogP) is 7.54. The van der Waals surface area contributed by atoms with Gasteiger partial charge in [0.25, 0.3) is 11.1 Å². The number of thioether (sulfide) groups is 1. The normalized spacial score (nSPS) is 15.5. The van der Waals surface area contributed by atoms with E-state index in [1.54, 1.807) is 18.2 Å². The summed E-state index contributed by atoms with van der Waals surface area (Å²) in [5.41, 5.74) is 1.49. The molecular formula is C25H15Cl2NO2S. The number of carbonyl (C=O) groups excluding carboxylic acids is 2. The highest BCUT2D eigenvalue weighted by molar-refractivity contribution is 8.18. The van der Waals surface area contributed by atoms with E-state index in [2.05, 4.69) is 6.07 Å². The van der Waals surface area contributed by atoms with Crippen molar-refractivity contribution in [3.05, 3.63) is 98.9 Å². The highest BCUT2D eigenvalue weighted by atomic mass is 35.5. The van der Waals surface area contributed by atoms with Crippen LogP contribution in [0.25, 0.3) is 27.6 Å². The largest absolute Gasteiger partial charge is 0.293 e. The molecule has 4 aromatic carbocycles. The summed E-state index contributed by atoms with van der Waals surface area (Å²) in [6.45, 7) is 0.0385. The van der Waals surface area contributed by atoms with Crippen molar-refractivity contribution >= 4 is 73.7 Å². The Kier molecular flexibility index (Phi) is 5.22. The molecule has 1 heterocycles. The van der Waals surface area contributed by atoms with Gasteiger partial charge in [-0.25, -0.2) is 0 Å². The smallest absolute Gasteiger partial charge is 0.268 e. The van der Waals surface area contributed by atoms with Gasteiger partial charge in [-0.2, -0.15) is 0 Å². The van der Waals surface area contributed by atoms with Crippen LogP contribution in [0.3, 0.4) is 0 Å². The molecule has 1 fully saturated rings. The Hall–Kier alpha value is -2.79. The Morgan fingerprint density at radius 2 is 1.39 bits per heavy atom. The maximum atomic E-state index is 13.1. The van der Waals surface area contributed by atoms with Gasteiger partial charge in [0.1, 0.15) is 0 Å². The third-order valence-corrected chi connectivity index (χ3v) is 6.96. The Bertz CT molecular complexity index is 1340. The number of hydrogen-bond acceptors (Lipinski definition) is 3. The van der Waals surface area contributed by atoms with Crippen LogP contribution in [0.5, 0.6) is 0 Å². The summed E-state index contributed by atoms with van der Waals surface area (Å²) in [5.74, 6) is -0.344. The molecule has 0 N–H and O–H groups in total. The van der Waals surface area contributed by atoms with E-state index >= 15 is 0 Å². The van der Waals surface area contributed by atoms with Gasteiger partial charge >= 0.3 is 0 Å². The number of hydrogen-bond donors (Lipinski definition) is 0. The van der Waals surface area contributed by atoms with Crippen LogP contribution in [-0.2, 0) is 11.3 Å². The number of nitrogens with zero attached hydrogens (tertiary/aromatic N) is 1. The maximum absolute atomic E-state index is 13.1. The number of amides is 2. The summed E-state index contributed by atoms with van der Waals surface area (Å²) >= 11 is 13.4. The van der Waals surface area contributed by atoms with Gasteiger partial charge in [-0.1, -0.05) is 77.8 Å². The van der Waals surface area contributed by atoms with Crippen LogP contribution in [0.15, 0.2) is 77.7 Å². The van der Waals surface area contributed by atoms with Gasteiger partial charge in [0.05, 0.1) is 11.4 Å². The van der Waals surface area contributed by atoms with Crippen LogP contribution in [0, 0.1) is 0 Å². The number of carbonyl (C=O) groups is 2. The topological polar surface area (TPSA) is 37.4 Å². The van der Waals surface area contributed by atoms with Gasteiger partial charge in [0.2, 0.25) is 0 Å². The summed E-state index contributed by atoms with van der Waals surface area (Å²) in [6.07, 6.45) is 1.82. The maximum Gasteiger partial charge on any atom is 0.293 e. The van der Waals surface area contributed by atoms with Crippen molar-refractivity contribution in [1.82, 2.24) is 4.90 Å². The summed E-state index contributed by atoms with van der Waals surface area (Å²) in [5, 5.41) is 4.73. The minimum atomic E-state index is -0.344. The van der Waals surface area contributed by atoms with Crippen LogP contribution >= 0.6 is 35.0 Å². The fourth-order valence-electron chi connectivity index (χ4n) is 3.81. The van der Waals surface area contributed by atoms with Crippen molar-refractivity contribution in [2.75, 3.05) is 0 Å². The first-order chi connectivity index (χ1) is 15.0. The second-order valence-corrected chi connectivity index (χ2v) is 9.01. The first-order valence-electron chi connectivity index (χ1n) is 9.61. The van der Waals surface area contributed by atoms with Crippen LogP contribution in [0.2, 0.25) is 10.0 Å². The summed E-state index contributed by atoms with van der Waals surface area (Å²) in [4.78, 5) is 27.4. The molecule has 6 heteroatoms. The molecule has 0 unspecified atom stereocenters. The second kappa shape index (κ2) is 8.04. The molecular weight excluding hydrogens is 449 g/mol. The average Bonchev–Trinajstić information content (AvgIpc) is 3.03. The minimum absolute atomic E-state index is 0.0385. The lowest BCUT2D eigenvalue weighted by molar-refractivity contribution is -0.123. The van der Waals surface area contributed by atoms with Gasteiger partial charge in [0, 0.05) is 15.6 Å². The monoisotopic (exact) mass is 463 g/mol. The predicted molar refractivity (Wildman–Crippen MR) is 129 cm³/mol. The van der Waals surface area contributed by atoms with Crippen LogP contribution < -0.4 is 0 Å². The van der Waals surface area contributed by atoms with Gasteiger partial charge in [-0.3, -0.25) is 14.5 Å². The van der Waals surface area contributed by atoms with Crippen molar-refractivity contribution in [3.63, 3.8) is 0 Å². The summed E-state index contributed by atoms with van der Waals surface area (Å²) in [7, 11) is 0. The molecule has 2 amide bonds. The van der Waals surface area contributed by atoms with Crippen molar-refractivity contribution < 1.29 is 9.59 Å². The molecule has 0 atom stereocenters. The van der Waals surface area contributed by atoms with Crippen molar-refractivity contribution in [1.29, 1.82) is 0 Å². The van der Waals surface area contributed by atoms with Crippen LogP contribution in [0.4, 0.5) is 4.79 Å². The molecule has 5 rings (SSSR count). The van der Waals surface area contributed by atoms with E-state index < -0.39 is 0 Å². The highest BCUT2D eigenvalue weighted by Gasteiger charge is 2.36. The first kappa shape index (κ1) is 20.1. The Balaban J connectivity index is 1.60. The van der Waals surface area contributed by atoms with Crippen molar-refractivity contribution in [2.24, 2.45) is 0 Å². The van der Waals surface area contributed by atoms with Crippen molar-refractivity contribution in [3.8, 4) is 0 Å². The molecule has 0 aliphatic carbocycles. The molecule has 31 heavy (non-hydrogen) atoms. The number of rotatable bonds is 3.